The summed E-state index contributed by atoms with van der Waals surface area (Å²) in [5, 5.41) is 3.48. The summed E-state index contributed by atoms with van der Waals surface area (Å²) in [6.07, 6.45) is 4.12. The zero-order valence-electron chi connectivity index (χ0n) is 10.8. The average molecular weight is 309 g/mol. The Morgan fingerprint density at radius 2 is 2.06 bits per heavy atom. The molecule has 0 atom stereocenters. The zero-order valence-corrected chi connectivity index (χ0v) is 12.4. The Morgan fingerprint density at radius 1 is 1.22 bits per heavy atom. The van der Waals surface area contributed by atoms with Crippen LogP contribution in [-0.4, -0.2) is 31.1 Å². The van der Waals surface area contributed by atoms with E-state index in [0.717, 1.165) is 6.54 Å². The number of piperidine rings is 1. The third-order valence-electron chi connectivity index (χ3n) is 4.48. The van der Waals surface area contributed by atoms with Crippen molar-refractivity contribution in [2.75, 3.05) is 26.2 Å². The van der Waals surface area contributed by atoms with Crippen LogP contribution >= 0.6 is 15.9 Å². The number of hydrogen-bond acceptors (Lipinski definition) is 2. The largest absolute Gasteiger partial charge is 0.317 e. The highest BCUT2D eigenvalue weighted by atomic mass is 79.9. The van der Waals surface area contributed by atoms with Crippen molar-refractivity contribution in [3.63, 3.8) is 0 Å². The van der Waals surface area contributed by atoms with E-state index in [4.69, 9.17) is 0 Å². The molecule has 0 aromatic heterocycles. The molecule has 2 saturated heterocycles. The van der Waals surface area contributed by atoms with E-state index < -0.39 is 0 Å². The first-order valence-electron chi connectivity index (χ1n) is 6.93. The van der Waals surface area contributed by atoms with Gasteiger partial charge in [-0.1, -0.05) is 28.1 Å². The number of rotatable bonds is 2. The molecule has 2 nitrogen and oxygen atoms in total. The van der Waals surface area contributed by atoms with Crippen molar-refractivity contribution in [1.82, 2.24) is 10.2 Å². The Hall–Kier alpha value is -0.380. The van der Waals surface area contributed by atoms with Gasteiger partial charge in [0, 0.05) is 17.6 Å². The quantitative estimate of drug-likeness (QED) is 0.903. The third kappa shape index (κ3) is 2.79. The van der Waals surface area contributed by atoms with Crippen LogP contribution in [0, 0.1) is 5.41 Å². The summed E-state index contributed by atoms with van der Waals surface area (Å²) in [7, 11) is 0. The maximum atomic E-state index is 3.55. The minimum atomic E-state index is 0.622. The summed E-state index contributed by atoms with van der Waals surface area (Å²) in [5.41, 5.74) is 2.05. The average Bonchev–Trinajstić information content (AvgIpc) is 2.73. The van der Waals surface area contributed by atoms with E-state index in [0.29, 0.717) is 5.41 Å². The van der Waals surface area contributed by atoms with E-state index in [9.17, 15) is 0 Å². The number of hydrogen-bond donors (Lipinski definition) is 1. The molecule has 0 aliphatic carbocycles. The summed E-state index contributed by atoms with van der Waals surface area (Å²) in [4.78, 5) is 2.63. The van der Waals surface area contributed by atoms with Gasteiger partial charge in [0.05, 0.1) is 0 Å². The molecule has 2 heterocycles. The molecule has 0 unspecified atom stereocenters. The van der Waals surface area contributed by atoms with Crippen molar-refractivity contribution in [2.24, 2.45) is 5.41 Å². The van der Waals surface area contributed by atoms with Gasteiger partial charge in [-0.15, -0.1) is 0 Å². The van der Waals surface area contributed by atoms with Crippen LogP contribution in [0.5, 0.6) is 0 Å². The van der Waals surface area contributed by atoms with E-state index >= 15 is 0 Å². The Labute approximate surface area is 118 Å². The fraction of sp³-hybridized carbons (Fsp3) is 0.600. The van der Waals surface area contributed by atoms with Crippen molar-refractivity contribution in [3.8, 4) is 0 Å². The van der Waals surface area contributed by atoms with Gasteiger partial charge < -0.3 is 5.32 Å². The van der Waals surface area contributed by atoms with Gasteiger partial charge in [-0.05, 0) is 62.0 Å². The third-order valence-corrected chi connectivity index (χ3v) is 4.97. The van der Waals surface area contributed by atoms with E-state index in [1.165, 1.54) is 55.5 Å². The Balaban J connectivity index is 1.62. The molecule has 2 aliphatic rings. The molecule has 0 radical (unpaired) electrons. The Kier molecular flexibility index (Phi) is 3.73. The molecule has 98 valence electrons. The van der Waals surface area contributed by atoms with Crippen LogP contribution in [0.3, 0.4) is 0 Å². The van der Waals surface area contributed by atoms with Crippen molar-refractivity contribution < 1.29 is 0 Å². The summed E-state index contributed by atoms with van der Waals surface area (Å²) >= 11 is 3.55. The lowest BCUT2D eigenvalue weighted by Crippen LogP contribution is -2.38. The molecule has 0 amide bonds. The van der Waals surface area contributed by atoms with Crippen molar-refractivity contribution >= 4 is 15.9 Å². The maximum Gasteiger partial charge on any atom is 0.0234 e. The molecule has 18 heavy (non-hydrogen) atoms. The molecule has 2 aliphatic heterocycles. The van der Waals surface area contributed by atoms with Crippen LogP contribution < -0.4 is 5.32 Å². The van der Waals surface area contributed by atoms with Gasteiger partial charge in [0.1, 0.15) is 0 Å². The molecule has 0 bridgehead atoms. The molecule has 2 fully saturated rings. The second kappa shape index (κ2) is 5.32. The minimum Gasteiger partial charge on any atom is -0.317 e. The molecule has 1 aromatic rings. The van der Waals surface area contributed by atoms with Crippen LogP contribution in [0.15, 0.2) is 28.7 Å². The zero-order chi connectivity index (χ0) is 12.4. The van der Waals surface area contributed by atoms with Gasteiger partial charge in [-0.3, -0.25) is 4.90 Å². The summed E-state index contributed by atoms with van der Waals surface area (Å²) in [5.74, 6) is 0. The lowest BCUT2D eigenvalue weighted by atomic mass is 9.78. The van der Waals surface area contributed by atoms with Crippen LogP contribution in [-0.2, 0) is 6.54 Å². The first kappa shape index (κ1) is 12.6. The molecular weight excluding hydrogens is 288 g/mol. The summed E-state index contributed by atoms with van der Waals surface area (Å²) in [6, 6.07) is 8.71. The lowest BCUT2D eigenvalue weighted by molar-refractivity contribution is 0.194. The topological polar surface area (TPSA) is 15.3 Å². The second-order valence-corrected chi connectivity index (χ2v) is 6.76. The highest BCUT2D eigenvalue weighted by molar-refractivity contribution is 9.10. The van der Waals surface area contributed by atoms with Gasteiger partial charge in [-0.2, -0.15) is 0 Å². The van der Waals surface area contributed by atoms with Crippen LogP contribution in [0.4, 0.5) is 0 Å². The number of likely N-dealkylation sites (tertiary alicyclic amines) is 1. The maximum absolute atomic E-state index is 3.55. The van der Waals surface area contributed by atoms with Gasteiger partial charge in [0.25, 0.3) is 0 Å². The molecule has 1 N–H and O–H groups in total. The van der Waals surface area contributed by atoms with E-state index in [1.807, 2.05) is 0 Å². The van der Waals surface area contributed by atoms with Crippen molar-refractivity contribution in [3.05, 3.63) is 34.3 Å². The fourth-order valence-electron chi connectivity index (χ4n) is 3.42. The first-order chi connectivity index (χ1) is 8.76. The number of nitrogens with one attached hydrogen (secondary N) is 1. The van der Waals surface area contributed by atoms with Gasteiger partial charge in [0.2, 0.25) is 0 Å². The fourth-order valence-corrected chi connectivity index (χ4v) is 3.87. The van der Waals surface area contributed by atoms with Gasteiger partial charge in [-0.25, -0.2) is 0 Å². The molecule has 3 heteroatoms. The highest BCUT2D eigenvalue weighted by Gasteiger charge is 2.38. The normalized spacial score (nSPS) is 23.6. The SMILES string of the molecule is Brc1cccc(CN2CCC3(CCNCC3)C2)c1. The van der Waals surface area contributed by atoms with Gasteiger partial charge >= 0.3 is 0 Å². The van der Waals surface area contributed by atoms with Crippen LogP contribution in [0.2, 0.25) is 0 Å². The molecule has 1 spiro atoms. The summed E-state index contributed by atoms with van der Waals surface area (Å²) < 4.78 is 1.19. The van der Waals surface area contributed by atoms with Crippen LogP contribution in [0.1, 0.15) is 24.8 Å². The Bertz CT molecular complexity index is 413. The lowest BCUT2D eigenvalue weighted by Gasteiger charge is -2.33. The number of nitrogens with zero attached hydrogens (tertiary/aromatic N) is 1. The monoisotopic (exact) mass is 308 g/mol. The van der Waals surface area contributed by atoms with Crippen molar-refractivity contribution in [1.29, 1.82) is 0 Å². The highest BCUT2D eigenvalue weighted by Crippen LogP contribution is 2.39. The smallest absolute Gasteiger partial charge is 0.0234 e. The van der Waals surface area contributed by atoms with E-state index in [-0.39, 0.29) is 0 Å². The molecule has 3 rings (SSSR count). The molecular formula is C15H21BrN2. The summed E-state index contributed by atoms with van der Waals surface area (Å²) in [6.45, 7) is 6.10. The van der Waals surface area contributed by atoms with E-state index in [2.05, 4.69) is 50.4 Å². The second-order valence-electron chi connectivity index (χ2n) is 5.84. The first-order valence-corrected chi connectivity index (χ1v) is 7.73. The predicted octanol–water partition coefficient (Wildman–Crippen LogP) is 3.02. The van der Waals surface area contributed by atoms with Crippen LogP contribution in [0.25, 0.3) is 0 Å². The van der Waals surface area contributed by atoms with E-state index in [1.54, 1.807) is 0 Å². The predicted molar refractivity (Wildman–Crippen MR) is 78.6 cm³/mol. The number of halogens is 1. The molecule has 1 aromatic carbocycles. The van der Waals surface area contributed by atoms with Crippen molar-refractivity contribution in [2.45, 2.75) is 25.8 Å². The van der Waals surface area contributed by atoms with Gasteiger partial charge in [0.15, 0.2) is 0 Å². The molecule has 0 saturated carbocycles. The number of benzene rings is 1. The Morgan fingerprint density at radius 3 is 2.83 bits per heavy atom. The minimum absolute atomic E-state index is 0.622. The standard InChI is InChI=1S/C15H21BrN2/c16-14-3-1-2-13(10-14)11-18-9-6-15(12-18)4-7-17-8-5-15/h1-3,10,17H,4-9,11-12H2.